The van der Waals surface area contributed by atoms with Gasteiger partial charge in [-0.3, -0.25) is 4.79 Å². The zero-order valence-corrected chi connectivity index (χ0v) is 14.5. The number of para-hydroxylation sites is 1. The predicted molar refractivity (Wildman–Crippen MR) is 88.2 cm³/mol. The van der Waals surface area contributed by atoms with Crippen LogP contribution in [0.15, 0.2) is 33.5 Å². The smallest absolute Gasteiger partial charge is 0.436 e. The molecular weight excluding hydrogens is 391 g/mol. The number of halogens is 3. The second kappa shape index (κ2) is 6.13. The number of alkyl halides is 3. The van der Waals surface area contributed by atoms with Crippen LogP contribution in [-0.4, -0.2) is 39.2 Å². The highest BCUT2D eigenvalue weighted by Gasteiger charge is 2.49. The van der Waals surface area contributed by atoms with Gasteiger partial charge in [0.2, 0.25) is 0 Å². The molecule has 3 heterocycles. The van der Waals surface area contributed by atoms with Crippen molar-refractivity contribution in [2.75, 3.05) is 18.0 Å². The molecule has 27 heavy (non-hydrogen) atoms. The van der Waals surface area contributed by atoms with Crippen LogP contribution in [0.3, 0.4) is 0 Å². The van der Waals surface area contributed by atoms with E-state index in [2.05, 4.69) is 4.18 Å². The maximum absolute atomic E-state index is 12.6. The highest BCUT2D eigenvalue weighted by Crippen LogP contribution is 2.34. The summed E-state index contributed by atoms with van der Waals surface area (Å²) in [6.45, 7) is 0.934. The van der Waals surface area contributed by atoms with Crippen molar-refractivity contribution in [2.24, 2.45) is 0 Å². The number of fused-ring (bicyclic) bond motifs is 3. The van der Waals surface area contributed by atoms with Crippen molar-refractivity contribution in [2.45, 2.75) is 30.6 Å². The first-order valence-corrected chi connectivity index (χ1v) is 9.53. The third-order valence-corrected chi connectivity index (χ3v) is 5.51. The molecule has 7 nitrogen and oxygen atoms in total. The number of nitrogens with zero attached hydrogens (tertiary/aromatic N) is 1. The topological polar surface area (TPSA) is 86.1 Å². The molecule has 2 saturated heterocycles. The average molecular weight is 405 g/mol. The maximum Gasteiger partial charge on any atom is 0.534 e. The van der Waals surface area contributed by atoms with Gasteiger partial charge in [0.25, 0.3) is 0 Å². The quantitative estimate of drug-likeness (QED) is 0.573. The van der Waals surface area contributed by atoms with Gasteiger partial charge in [0.1, 0.15) is 0 Å². The van der Waals surface area contributed by atoms with Crippen LogP contribution in [0, 0.1) is 0 Å². The Morgan fingerprint density at radius 2 is 1.81 bits per heavy atom. The van der Waals surface area contributed by atoms with Crippen molar-refractivity contribution in [1.29, 1.82) is 0 Å². The fraction of sp³-hybridized carbons (Fsp3) is 0.438. The molecule has 0 saturated carbocycles. The molecule has 0 radical (unpaired) electrons. The summed E-state index contributed by atoms with van der Waals surface area (Å²) in [5.74, 6) is -0.562. The molecule has 2 aliphatic heterocycles. The van der Waals surface area contributed by atoms with Gasteiger partial charge in [-0.15, -0.1) is 0 Å². The Bertz CT molecular complexity index is 1040. The lowest BCUT2D eigenvalue weighted by Crippen LogP contribution is -2.42. The highest BCUT2D eigenvalue weighted by atomic mass is 32.2. The summed E-state index contributed by atoms with van der Waals surface area (Å²) in [6.07, 6.45) is 1.72. The van der Waals surface area contributed by atoms with Gasteiger partial charge in [-0.05, 0) is 25.0 Å². The van der Waals surface area contributed by atoms with E-state index in [9.17, 15) is 26.4 Å². The van der Waals surface area contributed by atoms with E-state index in [1.165, 1.54) is 18.2 Å². The number of ether oxygens (including phenoxy) is 1. The molecule has 2 aliphatic rings. The van der Waals surface area contributed by atoms with Crippen LogP contribution < -0.4 is 14.5 Å². The maximum atomic E-state index is 12.6. The van der Waals surface area contributed by atoms with E-state index < -0.39 is 26.8 Å². The number of hydrogen-bond acceptors (Lipinski definition) is 7. The lowest BCUT2D eigenvalue weighted by atomic mass is 10.2. The minimum Gasteiger partial charge on any atom is -0.436 e. The molecule has 0 aliphatic carbocycles. The Labute approximate surface area is 151 Å². The van der Waals surface area contributed by atoms with Gasteiger partial charge in [-0.2, -0.15) is 21.6 Å². The van der Waals surface area contributed by atoms with Gasteiger partial charge in [-0.1, -0.05) is 6.07 Å². The largest absolute Gasteiger partial charge is 0.534 e. The SMILES string of the molecule is O=c1cc(N2CC3CCC(C2)O3)oc2c(OS(=O)(=O)C(F)(F)F)cccc12. The highest BCUT2D eigenvalue weighted by molar-refractivity contribution is 7.88. The zero-order chi connectivity index (χ0) is 19.4. The van der Waals surface area contributed by atoms with Gasteiger partial charge >= 0.3 is 15.6 Å². The number of benzene rings is 1. The molecule has 2 aromatic rings. The third kappa shape index (κ3) is 3.25. The standard InChI is InChI=1S/C16H14F3NO6S/c17-16(18,19)27(22,23)26-13-3-1-2-11-12(21)6-14(25-15(11)13)20-7-9-4-5-10(8-20)24-9/h1-3,6,9-10H,4-5,7-8H2. The van der Waals surface area contributed by atoms with E-state index in [1.807, 2.05) is 0 Å². The molecule has 146 valence electrons. The molecule has 4 rings (SSSR count). The van der Waals surface area contributed by atoms with Crippen molar-refractivity contribution in [3.8, 4) is 5.75 Å². The average Bonchev–Trinajstić information content (AvgIpc) is 2.92. The molecule has 0 N–H and O–H groups in total. The lowest BCUT2D eigenvalue weighted by molar-refractivity contribution is -0.0499. The molecule has 11 heteroatoms. The Kier molecular flexibility index (Phi) is 4.11. The first kappa shape index (κ1) is 18.1. The van der Waals surface area contributed by atoms with Crippen LogP contribution in [0.5, 0.6) is 5.75 Å². The van der Waals surface area contributed by atoms with E-state index >= 15 is 0 Å². The normalized spacial score (nSPS) is 23.0. The fourth-order valence-electron chi connectivity index (χ4n) is 3.32. The number of rotatable bonds is 3. The summed E-state index contributed by atoms with van der Waals surface area (Å²) < 4.78 is 76.1. The lowest BCUT2D eigenvalue weighted by Gasteiger charge is -2.32. The van der Waals surface area contributed by atoms with Crippen LogP contribution in [0.2, 0.25) is 0 Å². The molecule has 2 bridgehead atoms. The first-order valence-electron chi connectivity index (χ1n) is 8.12. The number of hydrogen-bond donors (Lipinski definition) is 0. The van der Waals surface area contributed by atoms with E-state index in [0.717, 1.165) is 18.9 Å². The van der Waals surface area contributed by atoms with E-state index in [4.69, 9.17) is 9.15 Å². The molecule has 0 spiro atoms. The van der Waals surface area contributed by atoms with Gasteiger partial charge in [0, 0.05) is 19.2 Å². The Morgan fingerprint density at radius 3 is 2.44 bits per heavy atom. The minimum absolute atomic E-state index is 0.0122. The van der Waals surface area contributed by atoms with Crippen LogP contribution in [0.4, 0.5) is 19.1 Å². The second-order valence-corrected chi connectivity index (χ2v) is 7.97. The van der Waals surface area contributed by atoms with Gasteiger partial charge in [0.15, 0.2) is 22.6 Å². The Balaban J connectivity index is 1.78. The molecule has 2 unspecified atom stereocenters. The van der Waals surface area contributed by atoms with Gasteiger partial charge in [0.05, 0.1) is 17.6 Å². The van der Waals surface area contributed by atoms with Crippen LogP contribution in [0.25, 0.3) is 11.0 Å². The Morgan fingerprint density at radius 1 is 1.15 bits per heavy atom. The summed E-state index contributed by atoms with van der Waals surface area (Å²) in [4.78, 5) is 14.2. The van der Waals surface area contributed by atoms with E-state index in [-0.39, 0.29) is 29.1 Å². The van der Waals surface area contributed by atoms with Crippen molar-refractivity contribution >= 4 is 27.0 Å². The van der Waals surface area contributed by atoms with Crippen LogP contribution in [-0.2, 0) is 14.9 Å². The van der Waals surface area contributed by atoms with Crippen LogP contribution in [0.1, 0.15) is 12.8 Å². The van der Waals surface area contributed by atoms with Crippen molar-refractivity contribution < 1.29 is 34.9 Å². The molecule has 1 aromatic heterocycles. The third-order valence-electron chi connectivity index (χ3n) is 4.54. The fourth-order valence-corrected chi connectivity index (χ4v) is 3.78. The zero-order valence-electron chi connectivity index (χ0n) is 13.7. The van der Waals surface area contributed by atoms with Gasteiger partial charge < -0.3 is 18.2 Å². The minimum atomic E-state index is -5.90. The van der Waals surface area contributed by atoms with Crippen molar-refractivity contribution in [1.82, 2.24) is 0 Å². The molecule has 0 amide bonds. The molecule has 1 aromatic carbocycles. The second-order valence-electron chi connectivity index (χ2n) is 6.43. The molecule has 2 atom stereocenters. The number of morpholine rings is 1. The summed E-state index contributed by atoms with van der Waals surface area (Å²) in [5.41, 5.74) is -6.47. The summed E-state index contributed by atoms with van der Waals surface area (Å²) in [7, 11) is -5.90. The van der Waals surface area contributed by atoms with Crippen molar-refractivity contribution in [3.05, 3.63) is 34.5 Å². The summed E-state index contributed by atoms with van der Waals surface area (Å²) in [6, 6.07) is 4.77. The molecule has 2 fully saturated rings. The monoisotopic (exact) mass is 405 g/mol. The predicted octanol–water partition coefficient (Wildman–Crippen LogP) is 2.39. The molecular formula is C16H14F3NO6S. The summed E-state index contributed by atoms with van der Waals surface area (Å²) >= 11 is 0. The number of anilines is 1. The summed E-state index contributed by atoms with van der Waals surface area (Å²) in [5, 5.41) is -0.0788. The van der Waals surface area contributed by atoms with Crippen LogP contribution >= 0.6 is 0 Å². The van der Waals surface area contributed by atoms with Gasteiger partial charge in [-0.25, -0.2) is 0 Å². The van der Waals surface area contributed by atoms with E-state index in [0.29, 0.717) is 13.1 Å². The van der Waals surface area contributed by atoms with Crippen molar-refractivity contribution in [3.63, 3.8) is 0 Å². The first-order chi connectivity index (χ1) is 12.6. The van der Waals surface area contributed by atoms with E-state index in [1.54, 1.807) is 4.90 Å². The Hall–Kier alpha value is -2.27.